The van der Waals surface area contributed by atoms with E-state index in [-0.39, 0.29) is 11.6 Å². The van der Waals surface area contributed by atoms with Gasteiger partial charge in [-0.2, -0.15) is 0 Å². The first-order valence-corrected chi connectivity index (χ1v) is 10.2. The van der Waals surface area contributed by atoms with Crippen LogP contribution in [0.1, 0.15) is 24.3 Å². The van der Waals surface area contributed by atoms with E-state index >= 15 is 0 Å². The molecular formula is C21H30N6O2. The van der Waals surface area contributed by atoms with Gasteiger partial charge in [0.1, 0.15) is 11.5 Å². The fourth-order valence-electron chi connectivity index (χ4n) is 3.24. The van der Waals surface area contributed by atoms with Gasteiger partial charge in [0.05, 0.1) is 25.6 Å². The predicted octanol–water partition coefficient (Wildman–Crippen LogP) is 2.32. The number of hydrogen-bond acceptors (Lipinski definition) is 7. The molecule has 3 rings (SSSR count). The van der Waals surface area contributed by atoms with Crippen molar-refractivity contribution in [2.45, 2.75) is 13.8 Å². The molecule has 2 N–H and O–H groups in total. The SMILES string of the molecule is CCN(CC)c1ccc(NC(=O)c2cnc(NCCN3CCOCC3)cn2)cc1. The highest BCUT2D eigenvalue weighted by Crippen LogP contribution is 2.18. The summed E-state index contributed by atoms with van der Waals surface area (Å²) in [7, 11) is 0. The Kier molecular flexibility index (Phi) is 7.77. The Hall–Kier alpha value is -2.71. The van der Waals surface area contributed by atoms with E-state index in [1.54, 1.807) is 6.20 Å². The number of rotatable bonds is 9. The predicted molar refractivity (Wildman–Crippen MR) is 116 cm³/mol. The van der Waals surface area contributed by atoms with Crippen molar-refractivity contribution in [2.24, 2.45) is 0 Å². The fourth-order valence-corrected chi connectivity index (χ4v) is 3.24. The highest BCUT2D eigenvalue weighted by Gasteiger charge is 2.11. The third-order valence-corrected chi connectivity index (χ3v) is 4.98. The third-order valence-electron chi connectivity index (χ3n) is 4.98. The van der Waals surface area contributed by atoms with Crippen molar-refractivity contribution in [1.82, 2.24) is 14.9 Å². The van der Waals surface area contributed by atoms with Gasteiger partial charge in [0.2, 0.25) is 0 Å². The molecule has 0 radical (unpaired) electrons. The monoisotopic (exact) mass is 398 g/mol. The summed E-state index contributed by atoms with van der Waals surface area (Å²) in [5, 5.41) is 6.11. The Morgan fingerprint density at radius 3 is 2.45 bits per heavy atom. The van der Waals surface area contributed by atoms with Crippen LogP contribution < -0.4 is 15.5 Å². The van der Waals surface area contributed by atoms with Gasteiger partial charge in [0.15, 0.2) is 0 Å². The first kappa shape index (κ1) is 21.0. The van der Waals surface area contributed by atoms with Crippen molar-refractivity contribution in [3.63, 3.8) is 0 Å². The lowest BCUT2D eigenvalue weighted by Gasteiger charge is -2.26. The number of carbonyl (C=O) groups excluding carboxylic acids is 1. The second-order valence-corrected chi connectivity index (χ2v) is 6.84. The summed E-state index contributed by atoms with van der Waals surface area (Å²) in [5.41, 5.74) is 2.16. The summed E-state index contributed by atoms with van der Waals surface area (Å²) in [5.74, 6) is 0.395. The van der Waals surface area contributed by atoms with E-state index in [1.165, 1.54) is 6.20 Å². The normalized spacial score (nSPS) is 14.4. The molecule has 1 aromatic heterocycles. The molecule has 156 valence electrons. The van der Waals surface area contributed by atoms with E-state index in [0.717, 1.165) is 63.9 Å². The molecule has 2 heterocycles. The molecule has 1 aliphatic rings. The van der Waals surface area contributed by atoms with Crippen molar-refractivity contribution < 1.29 is 9.53 Å². The van der Waals surface area contributed by atoms with Crippen molar-refractivity contribution in [3.05, 3.63) is 42.4 Å². The van der Waals surface area contributed by atoms with Crippen LogP contribution in [0.25, 0.3) is 0 Å². The Morgan fingerprint density at radius 1 is 1.10 bits per heavy atom. The molecule has 8 heteroatoms. The molecule has 8 nitrogen and oxygen atoms in total. The van der Waals surface area contributed by atoms with Gasteiger partial charge in [-0.1, -0.05) is 0 Å². The largest absolute Gasteiger partial charge is 0.379 e. The average Bonchev–Trinajstić information content (AvgIpc) is 2.77. The fraction of sp³-hybridized carbons (Fsp3) is 0.476. The average molecular weight is 399 g/mol. The number of amides is 1. The smallest absolute Gasteiger partial charge is 0.275 e. The van der Waals surface area contributed by atoms with Crippen molar-refractivity contribution in [1.29, 1.82) is 0 Å². The van der Waals surface area contributed by atoms with Crippen LogP contribution >= 0.6 is 0 Å². The molecule has 0 spiro atoms. The Bertz CT molecular complexity index is 756. The summed E-state index contributed by atoms with van der Waals surface area (Å²) in [6.07, 6.45) is 3.09. The molecule has 2 aromatic rings. The number of aromatic nitrogens is 2. The summed E-state index contributed by atoms with van der Waals surface area (Å²) in [4.78, 5) is 25.5. The van der Waals surface area contributed by atoms with Crippen LogP contribution in [0.2, 0.25) is 0 Å². The van der Waals surface area contributed by atoms with Crippen LogP contribution in [0.15, 0.2) is 36.7 Å². The van der Waals surface area contributed by atoms with Crippen LogP contribution in [0.5, 0.6) is 0 Å². The van der Waals surface area contributed by atoms with Crippen LogP contribution in [0.3, 0.4) is 0 Å². The molecule has 0 atom stereocenters. The topological polar surface area (TPSA) is 82.6 Å². The minimum absolute atomic E-state index is 0.270. The number of carbonyl (C=O) groups is 1. The van der Waals surface area contributed by atoms with Gasteiger partial charge in [0.25, 0.3) is 5.91 Å². The Labute approximate surface area is 172 Å². The summed E-state index contributed by atoms with van der Waals surface area (Å²) >= 11 is 0. The van der Waals surface area contributed by atoms with Crippen molar-refractivity contribution in [3.8, 4) is 0 Å². The van der Waals surface area contributed by atoms with Gasteiger partial charge >= 0.3 is 0 Å². The molecule has 1 aliphatic heterocycles. The molecule has 0 bridgehead atoms. The van der Waals surface area contributed by atoms with E-state index in [0.29, 0.717) is 5.82 Å². The quantitative estimate of drug-likeness (QED) is 0.671. The lowest BCUT2D eigenvalue weighted by atomic mass is 10.2. The molecule has 1 saturated heterocycles. The van der Waals surface area contributed by atoms with Gasteiger partial charge in [-0.3, -0.25) is 9.69 Å². The van der Waals surface area contributed by atoms with Crippen molar-refractivity contribution >= 4 is 23.1 Å². The first-order chi connectivity index (χ1) is 14.2. The highest BCUT2D eigenvalue weighted by atomic mass is 16.5. The lowest BCUT2D eigenvalue weighted by molar-refractivity contribution is 0.0398. The molecule has 0 aliphatic carbocycles. The second-order valence-electron chi connectivity index (χ2n) is 6.84. The molecule has 0 saturated carbocycles. The standard InChI is InChI=1S/C21H30N6O2/c1-3-27(4-2)18-7-5-17(6-8-18)25-21(28)19-15-24-20(16-23-19)22-9-10-26-11-13-29-14-12-26/h5-8,15-16H,3-4,9-14H2,1-2H3,(H,22,24)(H,25,28). The Morgan fingerprint density at radius 2 is 1.83 bits per heavy atom. The molecular weight excluding hydrogens is 368 g/mol. The minimum atomic E-state index is -0.270. The Balaban J connectivity index is 1.48. The summed E-state index contributed by atoms with van der Waals surface area (Å²) in [6.45, 7) is 11.4. The van der Waals surface area contributed by atoms with Crippen LogP contribution in [-0.2, 0) is 4.74 Å². The van der Waals surface area contributed by atoms with Gasteiger partial charge in [-0.15, -0.1) is 0 Å². The maximum atomic E-state index is 12.4. The van der Waals surface area contributed by atoms with Gasteiger partial charge in [-0.25, -0.2) is 9.97 Å². The van der Waals surface area contributed by atoms with E-state index in [4.69, 9.17) is 4.74 Å². The van der Waals surface area contributed by atoms with E-state index in [2.05, 4.69) is 44.2 Å². The van der Waals surface area contributed by atoms with Gasteiger partial charge < -0.3 is 20.3 Å². The lowest BCUT2D eigenvalue weighted by Crippen LogP contribution is -2.39. The van der Waals surface area contributed by atoms with Gasteiger partial charge in [-0.05, 0) is 38.1 Å². The maximum Gasteiger partial charge on any atom is 0.275 e. The second kappa shape index (κ2) is 10.7. The number of morpholine rings is 1. The van der Waals surface area contributed by atoms with E-state index in [9.17, 15) is 4.79 Å². The highest BCUT2D eigenvalue weighted by molar-refractivity contribution is 6.02. The first-order valence-electron chi connectivity index (χ1n) is 10.2. The molecule has 1 amide bonds. The number of anilines is 3. The third kappa shape index (κ3) is 6.13. The molecule has 1 aromatic carbocycles. The van der Waals surface area contributed by atoms with Gasteiger partial charge in [0, 0.05) is 50.6 Å². The number of benzene rings is 1. The molecule has 0 unspecified atom stereocenters. The van der Waals surface area contributed by atoms with Crippen molar-refractivity contribution in [2.75, 3.05) is 68.0 Å². The number of nitrogens with zero attached hydrogens (tertiary/aromatic N) is 4. The zero-order valence-corrected chi connectivity index (χ0v) is 17.2. The summed E-state index contributed by atoms with van der Waals surface area (Å²) in [6, 6.07) is 7.83. The summed E-state index contributed by atoms with van der Waals surface area (Å²) < 4.78 is 5.34. The molecule has 1 fully saturated rings. The molecule has 29 heavy (non-hydrogen) atoms. The minimum Gasteiger partial charge on any atom is -0.379 e. The van der Waals surface area contributed by atoms with Crippen LogP contribution in [0.4, 0.5) is 17.2 Å². The number of ether oxygens (including phenoxy) is 1. The van der Waals surface area contributed by atoms with Crippen LogP contribution in [0, 0.1) is 0 Å². The van der Waals surface area contributed by atoms with E-state index < -0.39 is 0 Å². The zero-order chi connectivity index (χ0) is 20.5. The number of nitrogens with one attached hydrogen (secondary N) is 2. The zero-order valence-electron chi connectivity index (χ0n) is 17.2. The van der Waals surface area contributed by atoms with Crippen LogP contribution in [-0.4, -0.2) is 73.3 Å². The number of hydrogen-bond donors (Lipinski definition) is 2. The van der Waals surface area contributed by atoms with E-state index in [1.807, 2.05) is 24.3 Å². The maximum absolute atomic E-state index is 12.4.